The maximum Gasteiger partial charge on any atom is 0.251 e. The van der Waals surface area contributed by atoms with Crippen LogP contribution in [0.5, 0.6) is 0 Å². The number of pyridine rings is 2. The molecule has 0 radical (unpaired) electrons. The van der Waals surface area contributed by atoms with E-state index in [1.807, 2.05) is 12.3 Å². The molecule has 0 atom stereocenters. The van der Waals surface area contributed by atoms with Crippen LogP contribution in [-0.4, -0.2) is 9.97 Å². The van der Waals surface area contributed by atoms with Gasteiger partial charge in [-0.15, -0.1) is 0 Å². The molecule has 0 amide bonds. The zero-order chi connectivity index (χ0) is 12.1. The summed E-state index contributed by atoms with van der Waals surface area (Å²) in [6.07, 6.45) is 6.63. The van der Waals surface area contributed by atoms with Crippen molar-refractivity contribution in [2.75, 3.05) is 0 Å². The van der Waals surface area contributed by atoms with E-state index in [1.54, 1.807) is 6.20 Å². The summed E-state index contributed by atoms with van der Waals surface area (Å²) >= 11 is 0. The summed E-state index contributed by atoms with van der Waals surface area (Å²) in [6.45, 7) is 0. The predicted molar refractivity (Wildman–Crippen MR) is 71.9 cm³/mol. The summed E-state index contributed by atoms with van der Waals surface area (Å²) in [6, 6.07) is 6.16. The molecular formula is C15H12N2O. The van der Waals surface area contributed by atoms with Crippen molar-refractivity contribution in [3.8, 4) is 0 Å². The molecule has 0 aliphatic heterocycles. The van der Waals surface area contributed by atoms with Gasteiger partial charge in [0, 0.05) is 34.1 Å². The molecule has 0 spiro atoms. The van der Waals surface area contributed by atoms with E-state index in [9.17, 15) is 4.79 Å². The summed E-state index contributed by atoms with van der Waals surface area (Å²) in [5, 5.41) is 3.34. The van der Waals surface area contributed by atoms with Crippen molar-refractivity contribution in [3.05, 3.63) is 52.1 Å². The molecule has 4 rings (SSSR count). The highest BCUT2D eigenvalue weighted by molar-refractivity contribution is 6.06. The number of hydrogen-bond donors (Lipinski definition) is 1. The van der Waals surface area contributed by atoms with Gasteiger partial charge in [0.15, 0.2) is 0 Å². The Morgan fingerprint density at radius 1 is 1.06 bits per heavy atom. The zero-order valence-electron chi connectivity index (χ0n) is 9.86. The average Bonchev–Trinajstić information content (AvgIpc) is 2.89. The van der Waals surface area contributed by atoms with Crippen LogP contribution >= 0.6 is 0 Å². The molecule has 0 bridgehead atoms. The Morgan fingerprint density at radius 2 is 1.94 bits per heavy atom. The van der Waals surface area contributed by atoms with Crippen LogP contribution in [0, 0.1) is 0 Å². The molecule has 3 nitrogen and oxygen atoms in total. The Hall–Kier alpha value is -2.16. The first-order valence-corrected chi connectivity index (χ1v) is 6.25. The highest BCUT2D eigenvalue weighted by Gasteiger charge is 2.18. The van der Waals surface area contributed by atoms with Crippen molar-refractivity contribution in [3.63, 3.8) is 0 Å². The molecule has 1 N–H and O–H groups in total. The Labute approximate surface area is 103 Å². The number of nitrogens with one attached hydrogen (secondary N) is 1. The third-order valence-electron chi connectivity index (χ3n) is 3.88. The van der Waals surface area contributed by atoms with Gasteiger partial charge in [-0.25, -0.2) is 0 Å². The summed E-state index contributed by atoms with van der Waals surface area (Å²) < 4.78 is 0. The quantitative estimate of drug-likeness (QED) is 0.610. The minimum absolute atomic E-state index is 0.0827. The van der Waals surface area contributed by atoms with E-state index in [1.165, 1.54) is 10.9 Å². The van der Waals surface area contributed by atoms with Gasteiger partial charge in [-0.05, 0) is 30.9 Å². The van der Waals surface area contributed by atoms with Gasteiger partial charge >= 0.3 is 0 Å². The van der Waals surface area contributed by atoms with Gasteiger partial charge in [0.2, 0.25) is 0 Å². The fourth-order valence-corrected chi connectivity index (χ4v) is 3.04. The number of aromatic nitrogens is 2. The molecule has 3 aromatic rings. The van der Waals surface area contributed by atoms with E-state index < -0.39 is 0 Å². The second-order valence-electron chi connectivity index (χ2n) is 4.85. The van der Waals surface area contributed by atoms with Crippen molar-refractivity contribution < 1.29 is 0 Å². The standard InChI is InChI=1S/C15H12N2O/c18-15-13-3-1-2-11(13)12-5-4-9-8-16-7-6-10(9)14(12)17-15/h4-8H,1-3H2,(H,17,18). The Balaban J connectivity index is 2.28. The Kier molecular flexibility index (Phi) is 1.87. The van der Waals surface area contributed by atoms with E-state index in [0.717, 1.165) is 41.1 Å². The lowest BCUT2D eigenvalue weighted by molar-refractivity contribution is 0.909. The normalized spacial score (nSPS) is 14.2. The van der Waals surface area contributed by atoms with E-state index in [4.69, 9.17) is 0 Å². The third-order valence-corrected chi connectivity index (χ3v) is 3.88. The van der Waals surface area contributed by atoms with Crippen LogP contribution in [0.1, 0.15) is 17.5 Å². The Morgan fingerprint density at radius 3 is 2.89 bits per heavy atom. The van der Waals surface area contributed by atoms with Crippen molar-refractivity contribution in [2.24, 2.45) is 0 Å². The second kappa shape index (κ2) is 3.42. The lowest BCUT2D eigenvalue weighted by atomic mass is 10.0. The first kappa shape index (κ1) is 9.83. The average molecular weight is 236 g/mol. The summed E-state index contributed by atoms with van der Waals surface area (Å²) in [7, 11) is 0. The molecule has 3 heteroatoms. The number of aromatic amines is 1. The predicted octanol–water partition coefficient (Wildman–Crippen LogP) is 2.57. The van der Waals surface area contributed by atoms with Crippen molar-refractivity contribution >= 4 is 21.7 Å². The number of nitrogens with zero attached hydrogens (tertiary/aromatic N) is 1. The number of rotatable bonds is 0. The van der Waals surface area contributed by atoms with Crippen LogP contribution in [0.3, 0.4) is 0 Å². The SMILES string of the molecule is O=c1[nH]c2c(ccc3cnccc32)c2c1CCC2. The highest BCUT2D eigenvalue weighted by atomic mass is 16.1. The van der Waals surface area contributed by atoms with E-state index >= 15 is 0 Å². The van der Waals surface area contributed by atoms with E-state index in [2.05, 4.69) is 22.1 Å². The van der Waals surface area contributed by atoms with Crippen molar-refractivity contribution in [1.29, 1.82) is 0 Å². The number of fused-ring (bicyclic) bond motifs is 5. The fourth-order valence-electron chi connectivity index (χ4n) is 3.04. The Bertz CT molecular complexity index is 833. The molecule has 0 unspecified atom stereocenters. The van der Waals surface area contributed by atoms with Crippen molar-refractivity contribution in [2.45, 2.75) is 19.3 Å². The molecule has 2 heterocycles. The lowest BCUT2D eigenvalue weighted by Crippen LogP contribution is -2.12. The van der Waals surface area contributed by atoms with Crippen LogP contribution in [0.25, 0.3) is 21.7 Å². The van der Waals surface area contributed by atoms with Crippen LogP contribution in [0.2, 0.25) is 0 Å². The van der Waals surface area contributed by atoms with Gasteiger partial charge < -0.3 is 4.98 Å². The zero-order valence-corrected chi connectivity index (χ0v) is 9.86. The first-order chi connectivity index (χ1) is 8.84. The summed E-state index contributed by atoms with van der Waals surface area (Å²) in [4.78, 5) is 19.3. The van der Waals surface area contributed by atoms with E-state index in [0.29, 0.717) is 0 Å². The monoisotopic (exact) mass is 236 g/mol. The number of benzene rings is 1. The lowest BCUT2D eigenvalue weighted by Gasteiger charge is -2.07. The number of H-pyrrole nitrogens is 1. The van der Waals surface area contributed by atoms with Crippen LogP contribution in [0.4, 0.5) is 0 Å². The van der Waals surface area contributed by atoms with E-state index in [-0.39, 0.29) is 5.56 Å². The maximum atomic E-state index is 12.1. The van der Waals surface area contributed by atoms with Gasteiger partial charge in [0.25, 0.3) is 5.56 Å². The van der Waals surface area contributed by atoms with Crippen LogP contribution in [-0.2, 0) is 12.8 Å². The number of aryl methyl sites for hydroxylation is 1. The molecule has 18 heavy (non-hydrogen) atoms. The van der Waals surface area contributed by atoms with Crippen LogP contribution in [0.15, 0.2) is 35.4 Å². The summed E-state index contributed by atoms with van der Waals surface area (Å²) in [5.74, 6) is 0. The molecule has 0 saturated carbocycles. The maximum absolute atomic E-state index is 12.1. The molecule has 1 aliphatic rings. The van der Waals surface area contributed by atoms with Gasteiger partial charge in [-0.1, -0.05) is 12.1 Å². The minimum Gasteiger partial charge on any atom is -0.321 e. The smallest absolute Gasteiger partial charge is 0.251 e. The van der Waals surface area contributed by atoms with Crippen molar-refractivity contribution in [1.82, 2.24) is 9.97 Å². The highest BCUT2D eigenvalue weighted by Crippen LogP contribution is 2.29. The molecule has 2 aromatic heterocycles. The number of hydrogen-bond acceptors (Lipinski definition) is 2. The van der Waals surface area contributed by atoms with Crippen LogP contribution < -0.4 is 5.56 Å². The van der Waals surface area contributed by atoms with Gasteiger partial charge in [-0.2, -0.15) is 0 Å². The molecule has 1 aliphatic carbocycles. The molecule has 0 fully saturated rings. The molecule has 88 valence electrons. The fraction of sp³-hybridized carbons (Fsp3) is 0.200. The van der Waals surface area contributed by atoms with Gasteiger partial charge in [-0.3, -0.25) is 9.78 Å². The topological polar surface area (TPSA) is 45.8 Å². The molecule has 1 aromatic carbocycles. The largest absolute Gasteiger partial charge is 0.321 e. The molecular weight excluding hydrogens is 224 g/mol. The molecule has 0 saturated heterocycles. The van der Waals surface area contributed by atoms with Gasteiger partial charge in [0.1, 0.15) is 0 Å². The summed E-state index contributed by atoms with van der Waals surface area (Å²) in [5.41, 5.74) is 3.27. The van der Waals surface area contributed by atoms with Gasteiger partial charge in [0.05, 0.1) is 5.52 Å². The second-order valence-corrected chi connectivity index (χ2v) is 4.85. The third kappa shape index (κ3) is 1.19. The first-order valence-electron chi connectivity index (χ1n) is 6.25. The minimum atomic E-state index is 0.0827.